The van der Waals surface area contributed by atoms with Crippen LogP contribution in [0.25, 0.3) is 11.1 Å². The third-order valence-electron chi connectivity index (χ3n) is 4.91. The molecule has 7 heteroatoms. The van der Waals surface area contributed by atoms with Crippen molar-refractivity contribution in [1.82, 2.24) is 10.2 Å². The molecule has 3 rings (SSSR count). The van der Waals surface area contributed by atoms with Crippen LogP contribution >= 0.6 is 0 Å². The van der Waals surface area contributed by atoms with Gasteiger partial charge in [-0.3, -0.25) is 9.59 Å². The Morgan fingerprint density at radius 2 is 1.67 bits per heavy atom. The Labute approximate surface area is 174 Å². The van der Waals surface area contributed by atoms with Crippen LogP contribution in [0.2, 0.25) is 0 Å². The van der Waals surface area contributed by atoms with Crippen LogP contribution in [0.15, 0.2) is 48.5 Å². The standard InChI is InChI=1S/C23H22N2O5/c1-2-13-25(14-22(27)28)21(26)11-12-24-23(29)30-15-20-18-9-5-3-7-16(18)17-8-4-6-10-19(17)20/h1,3-10,20H,11-15H2,(H,24,29)(H,27,28). The van der Waals surface area contributed by atoms with Crippen LogP contribution in [0.5, 0.6) is 0 Å². The number of terminal acetylenes is 1. The van der Waals surface area contributed by atoms with Crippen molar-refractivity contribution in [1.29, 1.82) is 0 Å². The summed E-state index contributed by atoms with van der Waals surface area (Å²) in [6.45, 7) is -0.379. The lowest BCUT2D eigenvalue weighted by atomic mass is 9.98. The molecule has 0 bridgehead atoms. The van der Waals surface area contributed by atoms with Crippen molar-refractivity contribution < 1.29 is 24.2 Å². The number of carbonyl (C=O) groups is 3. The van der Waals surface area contributed by atoms with E-state index in [4.69, 9.17) is 16.3 Å². The molecule has 2 aromatic rings. The predicted octanol–water partition coefficient (Wildman–Crippen LogP) is 2.46. The summed E-state index contributed by atoms with van der Waals surface area (Å²) in [5.41, 5.74) is 4.50. The van der Waals surface area contributed by atoms with E-state index in [2.05, 4.69) is 23.4 Å². The van der Waals surface area contributed by atoms with Gasteiger partial charge in [-0.2, -0.15) is 0 Å². The minimum atomic E-state index is -1.15. The van der Waals surface area contributed by atoms with E-state index in [9.17, 15) is 14.4 Å². The van der Waals surface area contributed by atoms with E-state index in [0.717, 1.165) is 27.2 Å². The number of nitrogens with zero attached hydrogens (tertiary/aromatic N) is 1. The molecule has 0 radical (unpaired) electrons. The Hall–Kier alpha value is -3.79. The molecule has 0 aliphatic heterocycles. The lowest BCUT2D eigenvalue weighted by Gasteiger charge is -2.18. The van der Waals surface area contributed by atoms with E-state index >= 15 is 0 Å². The van der Waals surface area contributed by atoms with E-state index in [1.54, 1.807) is 0 Å². The Balaban J connectivity index is 1.51. The van der Waals surface area contributed by atoms with Crippen molar-refractivity contribution in [3.05, 3.63) is 59.7 Å². The fourth-order valence-corrected chi connectivity index (χ4v) is 3.58. The molecule has 0 saturated heterocycles. The smallest absolute Gasteiger partial charge is 0.407 e. The highest BCUT2D eigenvalue weighted by Crippen LogP contribution is 2.44. The maximum absolute atomic E-state index is 12.1. The first-order valence-electron chi connectivity index (χ1n) is 9.53. The highest BCUT2D eigenvalue weighted by Gasteiger charge is 2.29. The second-order valence-corrected chi connectivity index (χ2v) is 6.85. The van der Waals surface area contributed by atoms with E-state index in [0.29, 0.717) is 0 Å². The average Bonchev–Trinajstić information content (AvgIpc) is 3.05. The molecule has 30 heavy (non-hydrogen) atoms. The molecular weight excluding hydrogens is 384 g/mol. The van der Waals surface area contributed by atoms with Crippen molar-refractivity contribution in [2.75, 3.05) is 26.2 Å². The molecule has 7 nitrogen and oxygen atoms in total. The van der Waals surface area contributed by atoms with Gasteiger partial charge in [-0.1, -0.05) is 54.5 Å². The van der Waals surface area contributed by atoms with Crippen LogP contribution in [0, 0.1) is 12.3 Å². The van der Waals surface area contributed by atoms with Gasteiger partial charge in [-0.15, -0.1) is 6.42 Å². The number of amides is 2. The summed E-state index contributed by atoms with van der Waals surface area (Å²) in [6, 6.07) is 16.1. The van der Waals surface area contributed by atoms with E-state index in [1.807, 2.05) is 36.4 Å². The first-order chi connectivity index (χ1) is 14.5. The predicted molar refractivity (Wildman–Crippen MR) is 111 cm³/mol. The molecule has 1 aliphatic rings. The molecule has 0 spiro atoms. The zero-order valence-corrected chi connectivity index (χ0v) is 16.3. The maximum atomic E-state index is 12.1. The van der Waals surface area contributed by atoms with Gasteiger partial charge in [0.15, 0.2) is 0 Å². The van der Waals surface area contributed by atoms with Crippen LogP contribution in [0.3, 0.4) is 0 Å². The van der Waals surface area contributed by atoms with Gasteiger partial charge >= 0.3 is 12.1 Å². The topological polar surface area (TPSA) is 95.9 Å². The molecule has 2 amide bonds. The number of benzene rings is 2. The minimum absolute atomic E-state index is 0.0240. The summed E-state index contributed by atoms with van der Waals surface area (Å²) in [6.07, 6.45) is 4.46. The van der Waals surface area contributed by atoms with Crippen molar-refractivity contribution in [3.8, 4) is 23.5 Å². The minimum Gasteiger partial charge on any atom is -0.480 e. The summed E-state index contributed by atoms with van der Waals surface area (Å²) < 4.78 is 5.39. The molecule has 0 saturated carbocycles. The number of rotatable bonds is 8. The van der Waals surface area contributed by atoms with Gasteiger partial charge in [0.05, 0.1) is 6.54 Å². The molecule has 1 aliphatic carbocycles. The number of nitrogens with one attached hydrogen (secondary N) is 1. The van der Waals surface area contributed by atoms with Crippen LogP contribution in [-0.4, -0.2) is 54.2 Å². The molecule has 0 unspecified atom stereocenters. The molecule has 0 heterocycles. The highest BCUT2D eigenvalue weighted by atomic mass is 16.5. The summed E-state index contributed by atoms with van der Waals surface area (Å²) in [7, 11) is 0. The number of ether oxygens (including phenoxy) is 1. The fourth-order valence-electron chi connectivity index (χ4n) is 3.58. The van der Waals surface area contributed by atoms with Crippen molar-refractivity contribution in [2.45, 2.75) is 12.3 Å². The van der Waals surface area contributed by atoms with Crippen molar-refractivity contribution in [2.24, 2.45) is 0 Å². The summed E-state index contributed by atoms with van der Waals surface area (Å²) >= 11 is 0. The molecule has 2 N–H and O–H groups in total. The normalized spacial score (nSPS) is 11.7. The van der Waals surface area contributed by atoms with Gasteiger partial charge in [-0.05, 0) is 22.3 Å². The van der Waals surface area contributed by atoms with Crippen LogP contribution in [0.1, 0.15) is 23.5 Å². The number of hydrogen-bond acceptors (Lipinski definition) is 4. The molecule has 2 aromatic carbocycles. The molecule has 0 aromatic heterocycles. The van der Waals surface area contributed by atoms with Gasteiger partial charge in [0.2, 0.25) is 5.91 Å². The van der Waals surface area contributed by atoms with E-state index in [1.165, 1.54) is 0 Å². The van der Waals surface area contributed by atoms with Crippen molar-refractivity contribution >= 4 is 18.0 Å². The number of carboxylic acids is 1. The monoisotopic (exact) mass is 406 g/mol. The molecular formula is C23H22N2O5. The number of carboxylic acid groups (broad SMARTS) is 1. The summed E-state index contributed by atoms with van der Waals surface area (Å²) in [5, 5.41) is 11.4. The molecule has 154 valence electrons. The first kappa shape index (κ1) is 20.9. The van der Waals surface area contributed by atoms with Gasteiger partial charge < -0.3 is 20.1 Å². The summed E-state index contributed by atoms with van der Waals surface area (Å²) in [5.74, 6) is 0.602. The quantitative estimate of drug-likeness (QED) is 0.657. The molecule has 0 atom stereocenters. The van der Waals surface area contributed by atoms with Crippen LogP contribution in [-0.2, 0) is 14.3 Å². The van der Waals surface area contributed by atoms with E-state index in [-0.39, 0.29) is 32.0 Å². The zero-order valence-electron chi connectivity index (χ0n) is 16.3. The largest absolute Gasteiger partial charge is 0.480 e. The van der Waals surface area contributed by atoms with Crippen molar-refractivity contribution in [3.63, 3.8) is 0 Å². The van der Waals surface area contributed by atoms with Gasteiger partial charge in [0.25, 0.3) is 0 Å². The second kappa shape index (κ2) is 9.61. The lowest BCUT2D eigenvalue weighted by molar-refractivity contribution is -0.143. The van der Waals surface area contributed by atoms with Gasteiger partial charge in [-0.25, -0.2) is 4.79 Å². The number of carbonyl (C=O) groups excluding carboxylic acids is 2. The third-order valence-corrected chi connectivity index (χ3v) is 4.91. The van der Waals surface area contributed by atoms with E-state index < -0.39 is 24.5 Å². The highest BCUT2D eigenvalue weighted by molar-refractivity contribution is 5.82. The maximum Gasteiger partial charge on any atom is 0.407 e. The van der Waals surface area contributed by atoms with Crippen LogP contribution in [0.4, 0.5) is 4.79 Å². The number of hydrogen-bond donors (Lipinski definition) is 2. The zero-order chi connectivity index (χ0) is 21.5. The Morgan fingerprint density at radius 1 is 1.07 bits per heavy atom. The first-order valence-corrected chi connectivity index (χ1v) is 9.53. The number of fused-ring (bicyclic) bond motifs is 3. The Bertz CT molecular complexity index is 950. The fraction of sp³-hybridized carbons (Fsp3) is 0.261. The van der Waals surface area contributed by atoms with Gasteiger partial charge in [0, 0.05) is 18.9 Å². The van der Waals surface area contributed by atoms with Crippen LogP contribution < -0.4 is 5.32 Å². The Morgan fingerprint density at radius 3 is 2.23 bits per heavy atom. The van der Waals surface area contributed by atoms with Gasteiger partial charge in [0.1, 0.15) is 13.2 Å². The Kier molecular flexibility index (Phi) is 6.71. The molecule has 0 fully saturated rings. The lowest BCUT2D eigenvalue weighted by Crippen LogP contribution is -2.38. The average molecular weight is 406 g/mol. The number of aliphatic carboxylic acids is 1. The number of alkyl carbamates (subject to hydrolysis) is 1. The SMILES string of the molecule is C#CCN(CC(=O)O)C(=O)CCNC(=O)OCC1c2ccccc2-c2ccccc21. The second-order valence-electron chi connectivity index (χ2n) is 6.85. The third kappa shape index (κ3) is 4.78. The summed E-state index contributed by atoms with van der Waals surface area (Å²) in [4.78, 5) is 36.0.